The van der Waals surface area contributed by atoms with E-state index in [1.54, 1.807) is 18.2 Å². The molecular formula is C17H15NO2. The second kappa shape index (κ2) is 4.53. The van der Waals surface area contributed by atoms with Crippen molar-refractivity contribution >= 4 is 10.9 Å². The number of pyridine rings is 1. The average Bonchev–Trinajstić information content (AvgIpc) is 2.43. The Bertz CT molecular complexity index is 862. The van der Waals surface area contributed by atoms with Gasteiger partial charge in [-0.05, 0) is 42.8 Å². The first-order valence-corrected chi connectivity index (χ1v) is 6.46. The van der Waals surface area contributed by atoms with E-state index in [9.17, 15) is 9.90 Å². The van der Waals surface area contributed by atoms with E-state index >= 15 is 0 Å². The number of phenolic OH excluding ortho intramolecular Hbond substituents is 1. The topological polar surface area (TPSA) is 42.2 Å². The van der Waals surface area contributed by atoms with Gasteiger partial charge in [0.2, 0.25) is 0 Å². The second-order valence-electron chi connectivity index (χ2n) is 4.97. The average molecular weight is 265 g/mol. The standard InChI is InChI=1S/C17H15NO2/c1-11-9-12(19)7-8-13(11)16-10-17(20)14-5-3-4-6-15(14)18(16)2/h3-10,19H,1-2H3. The van der Waals surface area contributed by atoms with Crippen molar-refractivity contribution in [3.05, 3.63) is 64.3 Å². The highest BCUT2D eigenvalue weighted by Crippen LogP contribution is 2.27. The van der Waals surface area contributed by atoms with Gasteiger partial charge in [-0.15, -0.1) is 0 Å². The van der Waals surface area contributed by atoms with Gasteiger partial charge in [-0.25, -0.2) is 0 Å². The largest absolute Gasteiger partial charge is 0.508 e. The normalized spacial score (nSPS) is 10.9. The smallest absolute Gasteiger partial charge is 0.190 e. The van der Waals surface area contributed by atoms with Crippen molar-refractivity contribution in [3.8, 4) is 17.0 Å². The molecule has 0 spiro atoms. The first kappa shape index (κ1) is 12.5. The van der Waals surface area contributed by atoms with Crippen molar-refractivity contribution in [2.75, 3.05) is 0 Å². The SMILES string of the molecule is Cc1cc(O)ccc1-c1cc(=O)c2ccccc2n1C. The summed E-state index contributed by atoms with van der Waals surface area (Å²) in [5.41, 5.74) is 3.67. The van der Waals surface area contributed by atoms with Crippen LogP contribution in [-0.2, 0) is 7.05 Å². The van der Waals surface area contributed by atoms with Gasteiger partial charge in [0.15, 0.2) is 5.43 Å². The highest BCUT2D eigenvalue weighted by molar-refractivity contribution is 5.82. The van der Waals surface area contributed by atoms with Crippen molar-refractivity contribution in [1.82, 2.24) is 4.57 Å². The predicted octanol–water partition coefficient (Wildman–Crippen LogP) is 3.22. The number of hydrogen-bond acceptors (Lipinski definition) is 2. The van der Waals surface area contributed by atoms with E-state index in [2.05, 4.69) is 0 Å². The summed E-state index contributed by atoms with van der Waals surface area (Å²) < 4.78 is 2.01. The van der Waals surface area contributed by atoms with E-state index in [0.29, 0.717) is 0 Å². The lowest BCUT2D eigenvalue weighted by Gasteiger charge is -2.14. The number of nitrogens with zero attached hydrogens (tertiary/aromatic N) is 1. The molecule has 0 unspecified atom stereocenters. The van der Waals surface area contributed by atoms with Gasteiger partial charge in [-0.3, -0.25) is 4.79 Å². The molecule has 100 valence electrons. The Balaban J connectivity index is 2.37. The van der Waals surface area contributed by atoms with E-state index in [1.165, 1.54) is 0 Å². The number of hydrogen-bond donors (Lipinski definition) is 1. The van der Waals surface area contributed by atoms with Gasteiger partial charge in [-0.2, -0.15) is 0 Å². The molecule has 3 heteroatoms. The van der Waals surface area contributed by atoms with E-state index in [0.717, 1.165) is 27.7 Å². The second-order valence-corrected chi connectivity index (χ2v) is 4.97. The number of benzene rings is 2. The maximum Gasteiger partial charge on any atom is 0.190 e. The molecule has 3 aromatic rings. The zero-order valence-corrected chi connectivity index (χ0v) is 11.4. The zero-order chi connectivity index (χ0) is 14.3. The van der Waals surface area contributed by atoms with E-state index < -0.39 is 0 Å². The summed E-state index contributed by atoms with van der Waals surface area (Å²) in [5, 5.41) is 10.2. The van der Waals surface area contributed by atoms with Crippen molar-refractivity contribution in [2.24, 2.45) is 7.05 Å². The Labute approximate surface area is 116 Å². The Morgan fingerprint density at radius 3 is 2.55 bits per heavy atom. The molecular weight excluding hydrogens is 250 g/mol. The van der Waals surface area contributed by atoms with Gasteiger partial charge in [0.05, 0.1) is 11.2 Å². The minimum Gasteiger partial charge on any atom is -0.508 e. The van der Waals surface area contributed by atoms with Crippen LogP contribution in [0.4, 0.5) is 0 Å². The fraction of sp³-hybridized carbons (Fsp3) is 0.118. The Kier molecular flexibility index (Phi) is 2.83. The summed E-state index contributed by atoms with van der Waals surface area (Å²) in [7, 11) is 1.95. The Morgan fingerprint density at radius 1 is 1.05 bits per heavy atom. The number of rotatable bonds is 1. The van der Waals surface area contributed by atoms with Crippen LogP contribution >= 0.6 is 0 Å². The number of phenols is 1. The highest BCUT2D eigenvalue weighted by Gasteiger charge is 2.10. The summed E-state index contributed by atoms with van der Waals surface area (Å²) in [6.07, 6.45) is 0. The molecule has 0 fully saturated rings. The molecule has 0 aliphatic carbocycles. The molecule has 0 atom stereocenters. The maximum absolute atomic E-state index is 12.2. The first-order chi connectivity index (χ1) is 9.58. The van der Waals surface area contributed by atoms with Gasteiger partial charge in [0.1, 0.15) is 5.75 Å². The van der Waals surface area contributed by atoms with Gasteiger partial charge < -0.3 is 9.67 Å². The van der Waals surface area contributed by atoms with E-state index in [4.69, 9.17) is 0 Å². The molecule has 1 N–H and O–H groups in total. The molecule has 0 radical (unpaired) electrons. The molecule has 3 nitrogen and oxygen atoms in total. The van der Waals surface area contributed by atoms with Crippen molar-refractivity contribution in [1.29, 1.82) is 0 Å². The van der Waals surface area contributed by atoms with Gasteiger partial charge in [0, 0.05) is 24.1 Å². The van der Waals surface area contributed by atoms with Crippen molar-refractivity contribution in [3.63, 3.8) is 0 Å². The summed E-state index contributed by atoms with van der Waals surface area (Å²) in [4.78, 5) is 12.2. The Hall–Kier alpha value is -2.55. The van der Waals surface area contributed by atoms with Gasteiger partial charge >= 0.3 is 0 Å². The van der Waals surface area contributed by atoms with Crippen LogP contribution in [-0.4, -0.2) is 9.67 Å². The monoisotopic (exact) mass is 265 g/mol. The molecule has 3 rings (SSSR count). The van der Waals surface area contributed by atoms with Crippen LogP contribution in [0.25, 0.3) is 22.2 Å². The molecule has 0 saturated heterocycles. The summed E-state index contributed by atoms with van der Waals surface area (Å²) >= 11 is 0. The van der Waals surface area contributed by atoms with Crippen LogP contribution in [0.5, 0.6) is 5.75 Å². The molecule has 0 bridgehead atoms. The van der Waals surface area contributed by atoms with Crippen LogP contribution in [0, 0.1) is 6.92 Å². The quantitative estimate of drug-likeness (QED) is 0.734. The zero-order valence-electron chi connectivity index (χ0n) is 11.4. The minimum absolute atomic E-state index is 0.0150. The number of aryl methyl sites for hydroxylation is 2. The lowest BCUT2D eigenvalue weighted by Crippen LogP contribution is -2.09. The van der Waals surface area contributed by atoms with E-state index in [1.807, 2.05) is 48.9 Å². The molecule has 0 aliphatic rings. The third-order valence-corrected chi connectivity index (χ3v) is 3.65. The molecule has 0 amide bonds. The molecule has 20 heavy (non-hydrogen) atoms. The molecule has 2 aromatic carbocycles. The minimum atomic E-state index is 0.0150. The third kappa shape index (κ3) is 1.88. The molecule has 0 saturated carbocycles. The van der Waals surface area contributed by atoms with Gasteiger partial charge in [0.25, 0.3) is 0 Å². The molecule has 1 aromatic heterocycles. The third-order valence-electron chi connectivity index (χ3n) is 3.65. The molecule has 0 aliphatic heterocycles. The number of fused-ring (bicyclic) bond motifs is 1. The van der Waals surface area contributed by atoms with Crippen LogP contribution in [0.2, 0.25) is 0 Å². The number of aromatic hydroxyl groups is 1. The molecule has 1 heterocycles. The van der Waals surface area contributed by atoms with Gasteiger partial charge in [-0.1, -0.05) is 12.1 Å². The lowest BCUT2D eigenvalue weighted by molar-refractivity contribution is 0.475. The van der Waals surface area contributed by atoms with Crippen LogP contribution < -0.4 is 5.43 Å². The summed E-state index contributed by atoms with van der Waals surface area (Å²) in [6.45, 7) is 1.93. The lowest BCUT2D eigenvalue weighted by atomic mass is 10.0. The van der Waals surface area contributed by atoms with Crippen molar-refractivity contribution < 1.29 is 5.11 Å². The number of para-hydroxylation sites is 1. The van der Waals surface area contributed by atoms with E-state index in [-0.39, 0.29) is 11.2 Å². The Morgan fingerprint density at radius 2 is 1.80 bits per heavy atom. The number of aromatic nitrogens is 1. The summed E-state index contributed by atoms with van der Waals surface area (Å²) in [6, 6.07) is 14.4. The fourth-order valence-corrected chi connectivity index (χ4v) is 2.60. The first-order valence-electron chi connectivity index (χ1n) is 6.46. The maximum atomic E-state index is 12.2. The van der Waals surface area contributed by atoms with Crippen molar-refractivity contribution in [2.45, 2.75) is 6.92 Å². The fourth-order valence-electron chi connectivity index (χ4n) is 2.60. The van der Waals surface area contributed by atoms with Crippen LogP contribution in [0.3, 0.4) is 0 Å². The van der Waals surface area contributed by atoms with Crippen LogP contribution in [0.15, 0.2) is 53.3 Å². The highest BCUT2D eigenvalue weighted by atomic mass is 16.3. The summed E-state index contributed by atoms with van der Waals surface area (Å²) in [5.74, 6) is 0.233. The van der Waals surface area contributed by atoms with Crippen LogP contribution in [0.1, 0.15) is 5.56 Å². The predicted molar refractivity (Wildman–Crippen MR) is 81.0 cm³/mol.